The van der Waals surface area contributed by atoms with Gasteiger partial charge in [0.05, 0.1) is 16.7 Å². The Kier molecular flexibility index (Phi) is 7.02. The van der Waals surface area contributed by atoms with Gasteiger partial charge < -0.3 is 0 Å². The van der Waals surface area contributed by atoms with E-state index in [9.17, 15) is 0 Å². The van der Waals surface area contributed by atoms with Crippen molar-refractivity contribution in [1.29, 1.82) is 0 Å². The van der Waals surface area contributed by atoms with Crippen LogP contribution < -0.4 is 0 Å². The van der Waals surface area contributed by atoms with Crippen LogP contribution in [0.2, 0.25) is 0 Å². The molecule has 7 aromatic carbocycles. The van der Waals surface area contributed by atoms with Crippen molar-refractivity contribution in [1.82, 2.24) is 4.57 Å². The second-order valence-electron chi connectivity index (χ2n) is 13.0. The van der Waals surface area contributed by atoms with E-state index < -0.39 is 0 Å². The number of benzene rings is 7. The number of allylic oxidation sites excluding steroid dienone is 1. The molecule has 0 bridgehead atoms. The van der Waals surface area contributed by atoms with Crippen molar-refractivity contribution < 1.29 is 0 Å². The lowest BCUT2D eigenvalue weighted by molar-refractivity contribution is 1.14. The maximum Gasteiger partial charge on any atom is 0.142 e. The SMILES string of the molecule is C=N/C(=C1/Cc2ccccc2C1=NCCl)n1c2ccc(-c3ccccc3)cc2c2c3ccccc3c3sc4c(-c5ccccc5)cccc4c3c21. The Morgan fingerprint density at radius 2 is 1.31 bits per heavy atom. The quantitative estimate of drug-likeness (QED) is 0.0977. The van der Waals surface area contributed by atoms with Gasteiger partial charge in [-0.15, -0.1) is 22.9 Å². The number of aromatic nitrogens is 1. The molecule has 0 saturated carbocycles. The average molecular weight is 692 g/mol. The van der Waals surface area contributed by atoms with E-state index in [0.717, 1.165) is 33.7 Å². The van der Waals surface area contributed by atoms with Gasteiger partial charge in [-0.25, -0.2) is 4.99 Å². The molecule has 3 nitrogen and oxygen atoms in total. The third kappa shape index (κ3) is 4.50. The largest absolute Gasteiger partial charge is 0.293 e. The number of thiophene rings is 1. The minimum Gasteiger partial charge on any atom is -0.293 e. The topological polar surface area (TPSA) is 29.6 Å². The zero-order valence-corrected chi connectivity index (χ0v) is 29.2. The summed E-state index contributed by atoms with van der Waals surface area (Å²) in [5.41, 5.74) is 11.3. The Morgan fingerprint density at radius 3 is 2.10 bits per heavy atom. The summed E-state index contributed by atoms with van der Waals surface area (Å²) in [5, 5.41) is 7.33. The first-order valence-electron chi connectivity index (χ1n) is 17.1. The number of fused-ring (bicyclic) bond motifs is 11. The van der Waals surface area contributed by atoms with Gasteiger partial charge in [0.1, 0.15) is 11.8 Å². The summed E-state index contributed by atoms with van der Waals surface area (Å²) < 4.78 is 4.91. The van der Waals surface area contributed by atoms with Crippen LogP contribution in [0.4, 0.5) is 0 Å². The molecule has 2 heterocycles. The molecule has 0 unspecified atom stereocenters. The molecule has 51 heavy (non-hydrogen) atoms. The highest BCUT2D eigenvalue weighted by Crippen LogP contribution is 2.50. The van der Waals surface area contributed by atoms with Crippen molar-refractivity contribution in [2.24, 2.45) is 9.98 Å². The standard InChI is InChI=1S/C46H30ClN3S/c1-48-46(38-26-31-17-8-9-18-32(31)42(38)49-27-47)50-39-24-23-30(28-13-4-2-5-14-28)25-37(39)40-34-19-10-11-20-35(34)45-41(43(40)50)36-22-12-21-33(44(36)51-45)29-15-6-3-7-16-29/h2-25H,1,26-27H2/b46-38+,49-42?. The van der Waals surface area contributed by atoms with Gasteiger partial charge in [-0.05, 0) is 52.1 Å². The van der Waals surface area contributed by atoms with Gasteiger partial charge in [0.25, 0.3) is 0 Å². The maximum atomic E-state index is 6.35. The van der Waals surface area contributed by atoms with Crippen molar-refractivity contribution >= 4 is 93.9 Å². The van der Waals surface area contributed by atoms with E-state index >= 15 is 0 Å². The second-order valence-corrected chi connectivity index (χ2v) is 14.2. The minimum atomic E-state index is 0.164. The average Bonchev–Trinajstić information content (AvgIpc) is 3.86. The van der Waals surface area contributed by atoms with E-state index in [4.69, 9.17) is 21.6 Å². The van der Waals surface area contributed by atoms with E-state index in [1.54, 1.807) is 0 Å². The zero-order valence-electron chi connectivity index (χ0n) is 27.6. The fraction of sp³-hybridized carbons (Fsp3) is 0.0435. The molecule has 0 atom stereocenters. The van der Waals surface area contributed by atoms with Crippen LogP contribution in [0.1, 0.15) is 11.1 Å². The van der Waals surface area contributed by atoms with Gasteiger partial charge in [-0.2, -0.15) is 0 Å². The summed E-state index contributed by atoms with van der Waals surface area (Å²) in [7, 11) is 0. The smallest absolute Gasteiger partial charge is 0.142 e. The number of alkyl halides is 1. The molecule has 0 amide bonds. The molecular weight excluding hydrogens is 662 g/mol. The molecule has 0 fully saturated rings. The van der Waals surface area contributed by atoms with Crippen molar-refractivity contribution in [3.8, 4) is 22.3 Å². The van der Waals surface area contributed by atoms with Gasteiger partial charge in [-0.3, -0.25) is 9.56 Å². The highest BCUT2D eigenvalue weighted by Gasteiger charge is 2.30. The van der Waals surface area contributed by atoms with Gasteiger partial charge in [0.2, 0.25) is 0 Å². The number of aliphatic imine (C=N–C) groups is 2. The Bertz CT molecular complexity index is 2930. The van der Waals surface area contributed by atoms with E-state index in [-0.39, 0.29) is 6.00 Å². The zero-order chi connectivity index (χ0) is 34.1. The van der Waals surface area contributed by atoms with E-state index in [0.29, 0.717) is 6.42 Å². The van der Waals surface area contributed by atoms with Crippen LogP contribution in [0.3, 0.4) is 0 Å². The first-order valence-corrected chi connectivity index (χ1v) is 18.4. The second kappa shape index (κ2) is 11.9. The van der Waals surface area contributed by atoms with Gasteiger partial charge in [-0.1, -0.05) is 133 Å². The van der Waals surface area contributed by atoms with Crippen molar-refractivity contribution in [3.05, 3.63) is 162 Å². The molecule has 242 valence electrons. The Balaban J connectivity index is 1.43. The summed E-state index contributed by atoms with van der Waals surface area (Å²) >= 11 is 8.23. The molecule has 5 heteroatoms. The van der Waals surface area contributed by atoms with E-state index in [1.165, 1.54) is 69.5 Å². The van der Waals surface area contributed by atoms with Crippen LogP contribution in [0.25, 0.3) is 80.8 Å². The molecule has 1 aliphatic carbocycles. The number of hydrogen-bond donors (Lipinski definition) is 0. The monoisotopic (exact) mass is 691 g/mol. The number of hydrogen-bond acceptors (Lipinski definition) is 3. The molecule has 0 saturated heterocycles. The summed E-state index contributed by atoms with van der Waals surface area (Å²) in [6.45, 7) is 4.23. The molecule has 10 rings (SSSR count). The molecule has 0 aliphatic heterocycles. The van der Waals surface area contributed by atoms with Crippen LogP contribution in [-0.2, 0) is 6.42 Å². The summed E-state index contributed by atoms with van der Waals surface area (Å²) in [6.07, 6.45) is 0.697. The molecule has 0 spiro atoms. The molecular formula is C46H30ClN3S. The van der Waals surface area contributed by atoms with Crippen LogP contribution >= 0.6 is 22.9 Å². The predicted octanol–water partition coefficient (Wildman–Crippen LogP) is 12.8. The van der Waals surface area contributed by atoms with Crippen LogP contribution in [-0.4, -0.2) is 23.0 Å². The third-order valence-corrected chi connectivity index (χ3v) is 11.7. The van der Waals surface area contributed by atoms with Crippen molar-refractivity contribution in [3.63, 3.8) is 0 Å². The van der Waals surface area contributed by atoms with Crippen molar-refractivity contribution in [2.45, 2.75) is 6.42 Å². The number of nitrogens with zero attached hydrogens (tertiary/aromatic N) is 3. The lowest BCUT2D eigenvalue weighted by Crippen LogP contribution is -2.06. The van der Waals surface area contributed by atoms with Gasteiger partial charge >= 0.3 is 0 Å². The van der Waals surface area contributed by atoms with Crippen molar-refractivity contribution in [2.75, 3.05) is 6.00 Å². The lowest BCUT2D eigenvalue weighted by Gasteiger charge is -2.14. The van der Waals surface area contributed by atoms with Crippen LogP contribution in [0.15, 0.2) is 161 Å². The molecule has 0 radical (unpaired) electrons. The fourth-order valence-electron chi connectivity index (χ4n) is 8.19. The van der Waals surface area contributed by atoms with E-state index in [2.05, 4.69) is 157 Å². The maximum absolute atomic E-state index is 6.35. The fourth-order valence-corrected chi connectivity index (χ4v) is 9.68. The van der Waals surface area contributed by atoms with Gasteiger partial charge in [0, 0.05) is 53.9 Å². The summed E-state index contributed by atoms with van der Waals surface area (Å²) in [4.78, 5) is 9.76. The minimum absolute atomic E-state index is 0.164. The Labute approximate surface area is 304 Å². The normalized spacial score (nSPS) is 14.7. The molecule has 2 aromatic heterocycles. The number of rotatable bonds is 5. The van der Waals surface area contributed by atoms with Gasteiger partial charge in [0.15, 0.2) is 0 Å². The van der Waals surface area contributed by atoms with Crippen LogP contribution in [0.5, 0.6) is 0 Å². The Morgan fingerprint density at radius 1 is 0.627 bits per heavy atom. The molecule has 9 aromatic rings. The lowest BCUT2D eigenvalue weighted by atomic mass is 9.97. The van der Waals surface area contributed by atoms with E-state index in [1.807, 2.05) is 11.3 Å². The summed E-state index contributed by atoms with van der Waals surface area (Å²) in [5.74, 6) is 0.790. The number of halogens is 1. The Hall–Kier alpha value is -5.81. The highest BCUT2D eigenvalue weighted by molar-refractivity contribution is 7.27. The van der Waals surface area contributed by atoms with Crippen LogP contribution in [0, 0.1) is 0 Å². The molecule has 1 aliphatic rings. The predicted molar refractivity (Wildman–Crippen MR) is 221 cm³/mol. The highest BCUT2D eigenvalue weighted by atomic mass is 35.5. The third-order valence-electron chi connectivity index (χ3n) is 10.3. The first kappa shape index (κ1) is 30.1. The first-order chi connectivity index (χ1) is 25.2. The summed E-state index contributed by atoms with van der Waals surface area (Å²) in [6, 6.07) is 52.4. The molecule has 0 N–H and O–H groups in total.